The fourth-order valence-corrected chi connectivity index (χ4v) is 1.76. The minimum absolute atomic E-state index is 0.315. The summed E-state index contributed by atoms with van der Waals surface area (Å²) in [6, 6.07) is 8.80. The lowest BCUT2D eigenvalue weighted by Crippen LogP contribution is -2.22. The lowest BCUT2D eigenvalue weighted by atomic mass is 10.1. The third-order valence-corrected chi connectivity index (χ3v) is 2.68. The van der Waals surface area contributed by atoms with Gasteiger partial charge in [-0.2, -0.15) is 0 Å². The molecule has 1 unspecified atom stereocenters. The normalized spacial score (nSPS) is 12.5. The maximum Gasteiger partial charge on any atom is 0.0393 e. The molecule has 1 aromatic carbocycles. The van der Waals surface area contributed by atoms with Crippen molar-refractivity contribution in [3.63, 3.8) is 0 Å². The highest BCUT2D eigenvalue weighted by Crippen LogP contribution is 2.17. The summed E-state index contributed by atoms with van der Waals surface area (Å²) in [7, 11) is 2.14. The highest BCUT2D eigenvalue weighted by atomic mass is 15.1. The molecular weight excluding hydrogens is 184 g/mol. The van der Waals surface area contributed by atoms with Crippen LogP contribution in [0.3, 0.4) is 0 Å². The Morgan fingerprint density at radius 2 is 2.00 bits per heavy atom. The molecule has 0 amide bonds. The van der Waals surface area contributed by atoms with Gasteiger partial charge in [0.25, 0.3) is 0 Å². The van der Waals surface area contributed by atoms with Gasteiger partial charge in [-0.05, 0) is 38.3 Å². The van der Waals surface area contributed by atoms with E-state index in [1.165, 1.54) is 11.3 Å². The average Bonchev–Trinajstić information content (AvgIpc) is 2.17. The van der Waals surface area contributed by atoms with Gasteiger partial charge >= 0.3 is 0 Å². The smallest absolute Gasteiger partial charge is 0.0393 e. The van der Waals surface area contributed by atoms with Crippen molar-refractivity contribution in [2.75, 3.05) is 18.5 Å². The summed E-state index contributed by atoms with van der Waals surface area (Å²) in [6.45, 7) is 5.29. The zero-order chi connectivity index (χ0) is 11.3. The molecule has 0 spiro atoms. The standard InChI is InChI=1S/C13H22N2/c1-11-7-4-5-9-13(11)15(3)10-6-8-12(2)14/h4-5,7,9,12H,6,8,10,14H2,1-3H3. The van der Waals surface area contributed by atoms with Crippen LogP contribution in [0, 0.1) is 6.92 Å². The van der Waals surface area contributed by atoms with E-state index in [2.05, 4.69) is 50.1 Å². The fraction of sp³-hybridized carbons (Fsp3) is 0.538. The van der Waals surface area contributed by atoms with Crippen LogP contribution in [0.25, 0.3) is 0 Å². The Morgan fingerprint density at radius 1 is 1.33 bits per heavy atom. The Morgan fingerprint density at radius 3 is 2.60 bits per heavy atom. The minimum atomic E-state index is 0.315. The molecule has 1 atom stereocenters. The highest BCUT2D eigenvalue weighted by Gasteiger charge is 2.03. The van der Waals surface area contributed by atoms with Gasteiger partial charge in [-0.1, -0.05) is 18.2 Å². The van der Waals surface area contributed by atoms with Crippen LogP contribution in [0.15, 0.2) is 24.3 Å². The predicted octanol–water partition coefficient (Wildman–Crippen LogP) is 2.56. The van der Waals surface area contributed by atoms with Crippen molar-refractivity contribution < 1.29 is 0 Å². The molecule has 0 fully saturated rings. The fourth-order valence-electron chi connectivity index (χ4n) is 1.76. The maximum atomic E-state index is 5.73. The zero-order valence-corrected chi connectivity index (χ0v) is 10.0. The molecule has 0 aliphatic heterocycles. The van der Waals surface area contributed by atoms with Gasteiger partial charge in [-0.25, -0.2) is 0 Å². The zero-order valence-electron chi connectivity index (χ0n) is 10.0. The van der Waals surface area contributed by atoms with Crippen LogP contribution >= 0.6 is 0 Å². The predicted molar refractivity (Wildman–Crippen MR) is 67.3 cm³/mol. The number of hydrogen-bond donors (Lipinski definition) is 1. The Hall–Kier alpha value is -1.02. The molecule has 2 nitrogen and oxygen atoms in total. The Balaban J connectivity index is 2.47. The van der Waals surface area contributed by atoms with E-state index in [1.807, 2.05) is 0 Å². The molecule has 0 radical (unpaired) electrons. The molecule has 0 saturated carbocycles. The molecule has 0 aliphatic carbocycles. The van der Waals surface area contributed by atoms with Crippen LogP contribution in [0.1, 0.15) is 25.3 Å². The molecule has 0 aliphatic rings. The van der Waals surface area contributed by atoms with E-state index in [4.69, 9.17) is 5.73 Å². The highest BCUT2D eigenvalue weighted by molar-refractivity contribution is 5.52. The SMILES string of the molecule is Cc1ccccc1N(C)CCCC(C)N. The maximum absolute atomic E-state index is 5.73. The number of aryl methyl sites for hydroxylation is 1. The number of nitrogens with two attached hydrogens (primary N) is 1. The first-order valence-electron chi connectivity index (χ1n) is 5.63. The number of hydrogen-bond acceptors (Lipinski definition) is 2. The van der Waals surface area contributed by atoms with Crippen LogP contribution < -0.4 is 10.6 Å². The van der Waals surface area contributed by atoms with Crippen LogP contribution in [-0.2, 0) is 0 Å². The van der Waals surface area contributed by atoms with Crippen molar-refractivity contribution >= 4 is 5.69 Å². The van der Waals surface area contributed by atoms with Crippen molar-refractivity contribution in [3.8, 4) is 0 Å². The van der Waals surface area contributed by atoms with E-state index in [0.717, 1.165) is 19.4 Å². The minimum Gasteiger partial charge on any atom is -0.374 e. The van der Waals surface area contributed by atoms with Crippen LogP contribution in [0.5, 0.6) is 0 Å². The second kappa shape index (κ2) is 5.76. The Labute approximate surface area is 93.1 Å². The molecule has 15 heavy (non-hydrogen) atoms. The van der Waals surface area contributed by atoms with Gasteiger partial charge in [0, 0.05) is 25.3 Å². The second-order valence-corrected chi connectivity index (χ2v) is 4.33. The molecule has 0 aromatic heterocycles. The molecule has 0 heterocycles. The van der Waals surface area contributed by atoms with E-state index in [9.17, 15) is 0 Å². The quantitative estimate of drug-likeness (QED) is 0.802. The van der Waals surface area contributed by atoms with Crippen molar-refractivity contribution in [2.45, 2.75) is 32.7 Å². The van der Waals surface area contributed by atoms with Crippen LogP contribution in [0.4, 0.5) is 5.69 Å². The van der Waals surface area contributed by atoms with Gasteiger partial charge in [0.1, 0.15) is 0 Å². The van der Waals surface area contributed by atoms with Crippen molar-refractivity contribution in [1.82, 2.24) is 0 Å². The van der Waals surface area contributed by atoms with E-state index >= 15 is 0 Å². The van der Waals surface area contributed by atoms with Gasteiger partial charge in [0.2, 0.25) is 0 Å². The number of para-hydroxylation sites is 1. The Kier molecular flexibility index (Phi) is 4.63. The lowest BCUT2D eigenvalue weighted by molar-refractivity contribution is 0.621. The largest absolute Gasteiger partial charge is 0.374 e. The van der Waals surface area contributed by atoms with Crippen LogP contribution in [-0.4, -0.2) is 19.6 Å². The van der Waals surface area contributed by atoms with Crippen molar-refractivity contribution in [2.24, 2.45) is 5.73 Å². The number of benzene rings is 1. The van der Waals surface area contributed by atoms with E-state index in [1.54, 1.807) is 0 Å². The monoisotopic (exact) mass is 206 g/mol. The molecule has 2 heteroatoms. The van der Waals surface area contributed by atoms with Crippen LogP contribution in [0.2, 0.25) is 0 Å². The Bertz CT molecular complexity index is 294. The summed E-state index contributed by atoms with van der Waals surface area (Å²) >= 11 is 0. The average molecular weight is 206 g/mol. The topological polar surface area (TPSA) is 29.3 Å². The summed E-state index contributed by atoms with van der Waals surface area (Å²) < 4.78 is 0. The molecule has 1 rings (SSSR count). The van der Waals surface area contributed by atoms with E-state index in [-0.39, 0.29) is 0 Å². The van der Waals surface area contributed by atoms with Crippen molar-refractivity contribution in [3.05, 3.63) is 29.8 Å². The molecular formula is C13H22N2. The van der Waals surface area contributed by atoms with E-state index < -0.39 is 0 Å². The summed E-state index contributed by atoms with van der Waals surface area (Å²) in [6.07, 6.45) is 2.25. The molecule has 0 saturated heterocycles. The second-order valence-electron chi connectivity index (χ2n) is 4.33. The molecule has 2 N–H and O–H groups in total. The summed E-state index contributed by atoms with van der Waals surface area (Å²) in [5, 5.41) is 0. The van der Waals surface area contributed by atoms with Gasteiger partial charge < -0.3 is 10.6 Å². The summed E-state index contributed by atoms with van der Waals surface area (Å²) in [5.74, 6) is 0. The number of anilines is 1. The first-order chi connectivity index (χ1) is 7.11. The first kappa shape index (κ1) is 12.1. The van der Waals surface area contributed by atoms with Gasteiger partial charge in [0.15, 0.2) is 0 Å². The third-order valence-electron chi connectivity index (χ3n) is 2.68. The number of rotatable bonds is 5. The first-order valence-corrected chi connectivity index (χ1v) is 5.63. The molecule has 84 valence electrons. The summed E-state index contributed by atoms with van der Waals surface area (Å²) in [4.78, 5) is 2.30. The molecule has 1 aromatic rings. The molecule has 0 bridgehead atoms. The van der Waals surface area contributed by atoms with Gasteiger partial charge in [-0.15, -0.1) is 0 Å². The van der Waals surface area contributed by atoms with Gasteiger partial charge in [0.05, 0.1) is 0 Å². The third kappa shape index (κ3) is 3.92. The van der Waals surface area contributed by atoms with Gasteiger partial charge in [-0.3, -0.25) is 0 Å². The van der Waals surface area contributed by atoms with Crippen molar-refractivity contribution in [1.29, 1.82) is 0 Å². The van der Waals surface area contributed by atoms with E-state index in [0.29, 0.717) is 6.04 Å². The summed E-state index contributed by atoms with van der Waals surface area (Å²) in [5.41, 5.74) is 8.38. The number of nitrogens with zero attached hydrogens (tertiary/aromatic N) is 1. The lowest BCUT2D eigenvalue weighted by Gasteiger charge is -2.21.